The number of rotatable bonds is 1. The molecule has 0 N–H and O–H groups in total. The third-order valence-electron chi connectivity index (χ3n) is 3.13. The van der Waals surface area contributed by atoms with Gasteiger partial charge in [0.1, 0.15) is 6.10 Å². The van der Waals surface area contributed by atoms with Crippen LogP contribution in [0.4, 0.5) is 0 Å². The third kappa shape index (κ3) is 2.00. The van der Waals surface area contributed by atoms with Gasteiger partial charge in [-0.25, -0.2) is 4.79 Å². The summed E-state index contributed by atoms with van der Waals surface area (Å²) < 4.78 is 5.46. The molecule has 2 nitrogen and oxygen atoms in total. The van der Waals surface area contributed by atoms with E-state index >= 15 is 0 Å². The molecule has 0 saturated heterocycles. The van der Waals surface area contributed by atoms with Gasteiger partial charge in [-0.1, -0.05) is 41.9 Å². The van der Waals surface area contributed by atoms with Gasteiger partial charge in [0, 0.05) is 11.4 Å². The topological polar surface area (TPSA) is 26.3 Å². The number of benzene rings is 2. The Hall–Kier alpha value is -1.80. The molecule has 3 rings (SSSR count). The lowest BCUT2D eigenvalue weighted by molar-refractivity contribution is 0.0253. The molecule has 3 heteroatoms. The zero-order valence-corrected chi connectivity index (χ0v) is 10.4. The standard InChI is InChI=1S/C15H11ClO2/c16-12-7-5-10(6-8-12)14-9-11-3-1-2-4-13(11)15(17)18-14/h1-8,14H,9H2/t14-/m0/s1. The number of hydrogen-bond acceptors (Lipinski definition) is 2. The van der Waals surface area contributed by atoms with Crippen LogP contribution in [0.2, 0.25) is 5.02 Å². The lowest BCUT2D eigenvalue weighted by atomic mass is 9.95. The molecule has 1 atom stereocenters. The lowest BCUT2D eigenvalue weighted by Gasteiger charge is -2.24. The van der Waals surface area contributed by atoms with Crippen LogP contribution in [0.25, 0.3) is 0 Å². The number of hydrogen-bond donors (Lipinski definition) is 0. The van der Waals surface area contributed by atoms with Crippen LogP contribution in [0.5, 0.6) is 0 Å². The Morgan fingerprint density at radius 1 is 1.06 bits per heavy atom. The first-order chi connectivity index (χ1) is 8.74. The summed E-state index contributed by atoms with van der Waals surface area (Å²) in [5, 5.41) is 0.682. The van der Waals surface area contributed by atoms with Gasteiger partial charge in [-0.3, -0.25) is 0 Å². The summed E-state index contributed by atoms with van der Waals surface area (Å²) in [6, 6.07) is 15.0. The predicted octanol–water partition coefficient (Wildman–Crippen LogP) is 3.79. The van der Waals surface area contributed by atoms with E-state index in [-0.39, 0.29) is 12.1 Å². The number of cyclic esters (lactones) is 1. The van der Waals surface area contributed by atoms with Crippen molar-refractivity contribution in [3.8, 4) is 0 Å². The fourth-order valence-corrected chi connectivity index (χ4v) is 2.32. The predicted molar refractivity (Wildman–Crippen MR) is 69.8 cm³/mol. The fraction of sp³-hybridized carbons (Fsp3) is 0.133. The van der Waals surface area contributed by atoms with Crippen LogP contribution >= 0.6 is 11.6 Å². The molecule has 90 valence electrons. The highest BCUT2D eigenvalue weighted by molar-refractivity contribution is 6.30. The maximum atomic E-state index is 11.9. The van der Waals surface area contributed by atoms with Crippen molar-refractivity contribution in [1.82, 2.24) is 0 Å². The van der Waals surface area contributed by atoms with Gasteiger partial charge in [-0.05, 0) is 29.3 Å². The van der Waals surface area contributed by atoms with Gasteiger partial charge in [0.05, 0.1) is 5.56 Å². The average molecular weight is 259 g/mol. The molecule has 0 bridgehead atoms. The van der Waals surface area contributed by atoms with E-state index in [4.69, 9.17) is 16.3 Å². The van der Waals surface area contributed by atoms with Gasteiger partial charge in [-0.15, -0.1) is 0 Å². The van der Waals surface area contributed by atoms with Crippen LogP contribution in [-0.4, -0.2) is 5.97 Å². The van der Waals surface area contributed by atoms with Crippen molar-refractivity contribution in [3.63, 3.8) is 0 Å². The molecule has 0 aliphatic carbocycles. The number of carbonyl (C=O) groups is 1. The molecular formula is C15H11ClO2. The second-order valence-electron chi connectivity index (χ2n) is 4.31. The third-order valence-corrected chi connectivity index (χ3v) is 3.39. The highest BCUT2D eigenvalue weighted by Crippen LogP contribution is 2.30. The van der Waals surface area contributed by atoms with Gasteiger partial charge in [-0.2, -0.15) is 0 Å². The minimum atomic E-state index is -0.253. The molecular weight excluding hydrogens is 248 g/mol. The Kier molecular flexibility index (Phi) is 2.80. The largest absolute Gasteiger partial charge is 0.454 e. The molecule has 0 aromatic heterocycles. The SMILES string of the molecule is O=C1O[C@H](c2ccc(Cl)cc2)Cc2ccccc21. The normalized spacial score (nSPS) is 18.1. The summed E-state index contributed by atoms with van der Waals surface area (Å²) in [5.41, 5.74) is 2.68. The molecule has 2 aromatic carbocycles. The summed E-state index contributed by atoms with van der Waals surface area (Å²) >= 11 is 5.85. The first-order valence-electron chi connectivity index (χ1n) is 5.78. The van der Waals surface area contributed by atoms with E-state index in [0.717, 1.165) is 11.1 Å². The van der Waals surface area contributed by atoms with Crippen LogP contribution in [0.3, 0.4) is 0 Å². The summed E-state index contributed by atoms with van der Waals surface area (Å²) in [7, 11) is 0. The quantitative estimate of drug-likeness (QED) is 0.728. The van der Waals surface area contributed by atoms with E-state index in [1.165, 1.54) is 0 Å². The van der Waals surface area contributed by atoms with Crippen LogP contribution < -0.4 is 0 Å². The molecule has 1 aliphatic rings. The second-order valence-corrected chi connectivity index (χ2v) is 4.74. The molecule has 0 fully saturated rings. The number of ether oxygens (including phenoxy) is 1. The van der Waals surface area contributed by atoms with E-state index < -0.39 is 0 Å². The van der Waals surface area contributed by atoms with Gasteiger partial charge >= 0.3 is 5.97 Å². The van der Waals surface area contributed by atoms with Gasteiger partial charge in [0.25, 0.3) is 0 Å². The van der Waals surface area contributed by atoms with Crippen molar-refractivity contribution < 1.29 is 9.53 Å². The Morgan fingerprint density at radius 3 is 2.56 bits per heavy atom. The number of carbonyl (C=O) groups excluding carboxylic acids is 1. The maximum absolute atomic E-state index is 11.9. The summed E-state index contributed by atoms with van der Waals surface area (Å²) in [4.78, 5) is 11.9. The van der Waals surface area contributed by atoms with Crippen molar-refractivity contribution in [2.75, 3.05) is 0 Å². The van der Waals surface area contributed by atoms with Crippen molar-refractivity contribution in [2.45, 2.75) is 12.5 Å². The zero-order chi connectivity index (χ0) is 12.5. The number of esters is 1. The van der Waals surface area contributed by atoms with Crippen LogP contribution in [0.1, 0.15) is 27.6 Å². The zero-order valence-electron chi connectivity index (χ0n) is 9.60. The van der Waals surface area contributed by atoms with Gasteiger partial charge < -0.3 is 4.74 Å². The highest BCUT2D eigenvalue weighted by Gasteiger charge is 2.26. The van der Waals surface area contributed by atoms with Crippen molar-refractivity contribution in [1.29, 1.82) is 0 Å². The smallest absolute Gasteiger partial charge is 0.339 e. The monoisotopic (exact) mass is 258 g/mol. The van der Waals surface area contributed by atoms with Crippen molar-refractivity contribution in [2.24, 2.45) is 0 Å². The molecule has 0 unspecified atom stereocenters. The maximum Gasteiger partial charge on any atom is 0.339 e. The van der Waals surface area contributed by atoms with Crippen molar-refractivity contribution in [3.05, 3.63) is 70.2 Å². The Labute approximate surface area is 110 Å². The molecule has 18 heavy (non-hydrogen) atoms. The Balaban J connectivity index is 1.94. The molecule has 1 aliphatic heterocycles. The van der Waals surface area contributed by atoms with Crippen LogP contribution in [0, 0.1) is 0 Å². The Morgan fingerprint density at radius 2 is 1.78 bits per heavy atom. The minimum Gasteiger partial charge on any atom is -0.454 e. The van der Waals surface area contributed by atoms with Gasteiger partial charge in [0.2, 0.25) is 0 Å². The average Bonchev–Trinajstić information content (AvgIpc) is 2.39. The summed E-state index contributed by atoms with van der Waals surface area (Å²) in [6.45, 7) is 0. The number of halogens is 1. The Bertz CT molecular complexity index is 590. The summed E-state index contributed by atoms with van der Waals surface area (Å²) in [5.74, 6) is -0.253. The fourth-order valence-electron chi connectivity index (χ4n) is 2.19. The summed E-state index contributed by atoms with van der Waals surface area (Å²) in [6.07, 6.45) is 0.494. The van der Waals surface area contributed by atoms with Crippen LogP contribution in [-0.2, 0) is 11.2 Å². The second kappa shape index (κ2) is 4.46. The van der Waals surface area contributed by atoms with Gasteiger partial charge in [0.15, 0.2) is 0 Å². The molecule has 0 amide bonds. The van der Waals surface area contributed by atoms with E-state index in [9.17, 15) is 4.79 Å². The molecule has 0 spiro atoms. The minimum absolute atomic E-state index is 0.218. The first-order valence-corrected chi connectivity index (χ1v) is 6.16. The first kappa shape index (κ1) is 11.3. The van der Waals surface area contributed by atoms with E-state index in [2.05, 4.69) is 0 Å². The van der Waals surface area contributed by atoms with Crippen molar-refractivity contribution >= 4 is 17.6 Å². The van der Waals surface area contributed by atoms with E-state index in [0.29, 0.717) is 17.0 Å². The molecule has 0 radical (unpaired) electrons. The van der Waals surface area contributed by atoms with Crippen LogP contribution in [0.15, 0.2) is 48.5 Å². The van der Waals surface area contributed by atoms with E-state index in [1.54, 1.807) is 6.07 Å². The molecule has 1 heterocycles. The van der Waals surface area contributed by atoms with E-state index in [1.807, 2.05) is 42.5 Å². The molecule has 0 saturated carbocycles. The lowest BCUT2D eigenvalue weighted by Crippen LogP contribution is -2.21. The number of fused-ring (bicyclic) bond motifs is 1. The molecule has 2 aromatic rings. The highest BCUT2D eigenvalue weighted by atomic mass is 35.5.